The highest BCUT2D eigenvalue weighted by molar-refractivity contribution is 5.96. The Kier molecular flexibility index (Phi) is 6.14. The Balaban J connectivity index is 2.17. The molecule has 2 rings (SSSR count). The van der Waals surface area contributed by atoms with Crippen LogP contribution in [-0.2, 0) is 0 Å². The molecule has 1 unspecified atom stereocenters. The van der Waals surface area contributed by atoms with Crippen molar-refractivity contribution in [3.8, 4) is 5.88 Å². The maximum absolute atomic E-state index is 12.5. The second-order valence-corrected chi connectivity index (χ2v) is 6.35. The first kappa shape index (κ1) is 18.9. The molecule has 0 fully saturated rings. The molecule has 7 nitrogen and oxygen atoms in total. The van der Waals surface area contributed by atoms with Crippen LogP contribution in [0.3, 0.4) is 0 Å². The highest BCUT2D eigenvalue weighted by Crippen LogP contribution is 2.12. The first-order valence-corrected chi connectivity index (χ1v) is 8.59. The Hall–Kier alpha value is -2.41. The summed E-state index contributed by atoms with van der Waals surface area (Å²) in [6.07, 6.45) is 1.55. The fourth-order valence-electron chi connectivity index (χ4n) is 2.77. The lowest BCUT2D eigenvalue weighted by Gasteiger charge is -2.22. The molecule has 2 aromatic heterocycles. The summed E-state index contributed by atoms with van der Waals surface area (Å²) in [5.41, 5.74) is 0.329. The van der Waals surface area contributed by atoms with Crippen LogP contribution in [0, 0.1) is 12.8 Å². The van der Waals surface area contributed by atoms with Crippen LogP contribution in [0.15, 0.2) is 23.1 Å². The monoisotopic (exact) mass is 346 g/mol. The number of hydrogen-bond acceptors (Lipinski definition) is 5. The second-order valence-electron chi connectivity index (χ2n) is 6.35. The Morgan fingerprint density at radius 1 is 1.40 bits per heavy atom. The van der Waals surface area contributed by atoms with Gasteiger partial charge in [0.25, 0.3) is 11.5 Å². The van der Waals surface area contributed by atoms with Gasteiger partial charge in [0.05, 0.1) is 0 Å². The number of pyridine rings is 1. The summed E-state index contributed by atoms with van der Waals surface area (Å²) in [6.45, 7) is 11.3. The van der Waals surface area contributed by atoms with Crippen LogP contribution in [0.2, 0.25) is 0 Å². The Bertz CT molecular complexity index is 812. The number of amides is 1. The fourth-order valence-corrected chi connectivity index (χ4v) is 2.77. The molecule has 0 bridgehead atoms. The van der Waals surface area contributed by atoms with E-state index in [1.54, 1.807) is 18.3 Å². The zero-order valence-electron chi connectivity index (χ0n) is 15.2. The van der Waals surface area contributed by atoms with E-state index in [1.807, 2.05) is 13.8 Å². The zero-order valence-corrected chi connectivity index (χ0v) is 15.2. The molecule has 0 aliphatic carbocycles. The molecule has 2 heterocycles. The predicted octanol–water partition coefficient (Wildman–Crippen LogP) is 1.42. The highest BCUT2D eigenvalue weighted by atomic mass is 16.3. The second kappa shape index (κ2) is 8.11. The molecule has 136 valence electrons. The van der Waals surface area contributed by atoms with Crippen molar-refractivity contribution in [2.45, 2.75) is 27.7 Å². The third kappa shape index (κ3) is 4.36. The van der Waals surface area contributed by atoms with E-state index in [9.17, 15) is 14.7 Å². The van der Waals surface area contributed by atoms with Crippen LogP contribution >= 0.6 is 0 Å². The fraction of sp³-hybridized carbons (Fsp3) is 0.500. The summed E-state index contributed by atoms with van der Waals surface area (Å²) in [7, 11) is 0. The molecule has 1 amide bonds. The van der Waals surface area contributed by atoms with Crippen molar-refractivity contribution in [2.75, 3.05) is 26.2 Å². The molecule has 0 aliphatic rings. The molecule has 0 aromatic carbocycles. The molecule has 0 spiro atoms. The summed E-state index contributed by atoms with van der Waals surface area (Å²) in [6, 6.07) is 3.43. The van der Waals surface area contributed by atoms with Gasteiger partial charge in [0.15, 0.2) is 5.56 Å². The van der Waals surface area contributed by atoms with Crippen LogP contribution in [0.5, 0.6) is 5.88 Å². The number of hydrogen-bond donors (Lipinski definition) is 2. The number of nitrogens with one attached hydrogen (secondary N) is 1. The smallest absolute Gasteiger partial charge is 0.274 e. The van der Waals surface area contributed by atoms with E-state index in [4.69, 9.17) is 0 Å². The molecule has 0 radical (unpaired) electrons. The van der Waals surface area contributed by atoms with E-state index in [0.29, 0.717) is 12.2 Å². The maximum atomic E-state index is 12.5. The summed E-state index contributed by atoms with van der Waals surface area (Å²) < 4.78 is 1.26. The largest absolute Gasteiger partial charge is 0.493 e. The Morgan fingerprint density at radius 3 is 2.72 bits per heavy atom. The van der Waals surface area contributed by atoms with Crippen LogP contribution < -0.4 is 10.9 Å². The van der Waals surface area contributed by atoms with E-state index in [0.717, 1.165) is 25.2 Å². The van der Waals surface area contributed by atoms with Crippen LogP contribution in [-0.4, -0.2) is 51.5 Å². The summed E-state index contributed by atoms with van der Waals surface area (Å²) in [4.78, 5) is 31.1. The molecular formula is C18H26N4O3. The van der Waals surface area contributed by atoms with Crippen LogP contribution in [0.25, 0.3) is 5.65 Å². The predicted molar refractivity (Wildman–Crippen MR) is 97.1 cm³/mol. The topological polar surface area (TPSA) is 86.9 Å². The van der Waals surface area contributed by atoms with Gasteiger partial charge in [-0.2, -0.15) is 4.98 Å². The summed E-state index contributed by atoms with van der Waals surface area (Å²) >= 11 is 0. The van der Waals surface area contributed by atoms with Crippen molar-refractivity contribution in [1.29, 1.82) is 0 Å². The lowest BCUT2D eigenvalue weighted by Crippen LogP contribution is -2.37. The van der Waals surface area contributed by atoms with E-state index in [-0.39, 0.29) is 11.5 Å². The molecule has 2 aromatic rings. The molecule has 0 saturated carbocycles. The van der Waals surface area contributed by atoms with Gasteiger partial charge in [-0.1, -0.05) is 20.8 Å². The SMILES string of the molecule is CCN(CC)CC(C)CNC(=O)c1c(O)nc2cc(C)ccn2c1=O. The molecule has 2 N–H and O–H groups in total. The quantitative estimate of drug-likeness (QED) is 0.792. The number of rotatable bonds is 7. The minimum absolute atomic E-state index is 0.227. The first-order chi connectivity index (χ1) is 11.9. The third-order valence-electron chi connectivity index (χ3n) is 4.27. The van der Waals surface area contributed by atoms with Gasteiger partial charge >= 0.3 is 0 Å². The van der Waals surface area contributed by atoms with E-state index >= 15 is 0 Å². The average Bonchev–Trinajstić information content (AvgIpc) is 2.57. The maximum Gasteiger partial charge on any atom is 0.274 e. The molecule has 0 aliphatic heterocycles. The van der Waals surface area contributed by atoms with Gasteiger partial charge in [0.2, 0.25) is 5.88 Å². The molecular weight excluding hydrogens is 320 g/mol. The summed E-state index contributed by atoms with van der Waals surface area (Å²) in [5.74, 6) is -0.911. The van der Waals surface area contributed by atoms with Gasteiger partial charge < -0.3 is 15.3 Å². The number of fused-ring (bicyclic) bond motifs is 1. The Labute approximate surface area is 147 Å². The number of aromatic hydroxyl groups is 1. The van der Waals surface area contributed by atoms with Crippen molar-refractivity contribution in [1.82, 2.24) is 19.6 Å². The van der Waals surface area contributed by atoms with E-state index in [1.165, 1.54) is 4.40 Å². The Morgan fingerprint density at radius 2 is 2.08 bits per heavy atom. The number of nitrogens with zero attached hydrogens (tertiary/aromatic N) is 3. The van der Waals surface area contributed by atoms with Gasteiger partial charge in [-0.05, 0) is 43.6 Å². The highest BCUT2D eigenvalue weighted by Gasteiger charge is 2.20. The van der Waals surface area contributed by atoms with Gasteiger partial charge in [-0.25, -0.2) is 0 Å². The minimum Gasteiger partial charge on any atom is -0.493 e. The van der Waals surface area contributed by atoms with Gasteiger partial charge in [0, 0.05) is 19.3 Å². The van der Waals surface area contributed by atoms with Gasteiger partial charge in [-0.3, -0.25) is 14.0 Å². The lowest BCUT2D eigenvalue weighted by atomic mass is 10.1. The third-order valence-corrected chi connectivity index (χ3v) is 4.27. The molecule has 0 saturated heterocycles. The van der Waals surface area contributed by atoms with Crippen LogP contribution in [0.4, 0.5) is 0 Å². The van der Waals surface area contributed by atoms with E-state index in [2.05, 4.69) is 29.0 Å². The normalized spacial score (nSPS) is 12.5. The number of carbonyl (C=O) groups excluding carboxylic acids is 1. The summed E-state index contributed by atoms with van der Waals surface area (Å²) in [5, 5.41) is 12.8. The molecule has 25 heavy (non-hydrogen) atoms. The van der Waals surface area contributed by atoms with E-state index < -0.39 is 17.3 Å². The van der Waals surface area contributed by atoms with Gasteiger partial charge in [0.1, 0.15) is 5.65 Å². The van der Waals surface area contributed by atoms with Crippen molar-refractivity contribution in [3.05, 3.63) is 39.8 Å². The van der Waals surface area contributed by atoms with Crippen molar-refractivity contribution < 1.29 is 9.90 Å². The zero-order chi connectivity index (χ0) is 18.6. The van der Waals surface area contributed by atoms with Crippen molar-refractivity contribution in [2.24, 2.45) is 5.92 Å². The van der Waals surface area contributed by atoms with Crippen LogP contribution in [0.1, 0.15) is 36.7 Å². The number of aromatic nitrogens is 2. The standard InChI is InChI=1S/C18H26N4O3/c1-5-21(6-2)11-13(4)10-19-16(23)15-17(24)20-14-9-12(3)7-8-22(14)18(15)25/h7-9,13,24H,5-6,10-11H2,1-4H3,(H,19,23). The average molecular weight is 346 g/mol. The lowest BCUT2D eigenvalue weighted by molar-refractivity contribution is 0.0939. The first-order valence-electron chi connectivity index (χ1n) is 8.59. The van der Waals surface area contributed by atoms with Crippen molar-refractivity contribution in [3.63, 3.8) is 0 Å². The van der Waals surface area contributed by atoms with Crippen molar-refractivity contribution >= 4 is 11.6 Å². The van der Waals surface area contributed by atoms with Gasteiger partial charge in [-0.15, -0.1) is 0 Å². The number of aryl methyl sites for hydroxylation is 1. The molecule has 1 atom stereocenters. The number of carbonyl (C=O) groups is 1. The molecule has 7 heteroatoms. The minimum atomic E-state index is -0.601.